The molecule has 1 N–H and O–H groups in total. The van der Waals surface area contributed by atoms with Gasteiger partial charge < -0.3 is 4.74 Å². The van der Waals surface area contributed by atoms with Gasteiger partial charge in [-0.3, -0.25) is 19.8 Å². The fraction of sp³-hybridized carbons (Fsp3) is 0.0500. The van der Waals surface area contributed by atoms with E-state index in [1.165, 1.54) is 30.3 Å². The summed E-state index contributed by atoms with van der Waals surface area (Å²) in [4.78, 5) is 26.4. The Labute approximate surface area is 174 Å². The zero-order valence-electron chi connectivity index (χ0n) is 14.4. The Hall–Kier alpha value is -2.84. The maximum Gasteiger partial charge on any atom is 0.270 e. The van der Waals surface area contributed by atoms with Crippen LogP contribution in [0.25, 0.3) is 6.08 Å². The molecule has 0 saturated carbocycles. The Morgan fingerprint density at radius 1 is 1.21 bits per heavy atom. The highest BCUT2D eigenvalue weighted by Gasteiger charge is 2.34. The van der Waals surface area contributed by atoms with Gasteiger partial charge in [0.25, 0.3) is 11.8 Å². The molecule has 0 atom stereocenters. The van der Waals surface area contributed by atoms with Crippen molar-refractivity contribution in [1.29, 1.82) is 0 Å². The van der Waals surface area contributed by atoms with E-state index in [1.807, 2.05) is 0 Å². The highest BCUT2D eigenvalue weighted by Crippen LogP contribution is 2.28. The lowest BCUT2D eigenvalue weighted by Gasteiger charge is -2.28. The topological polar surface area (TPSA) is 58.6 Å². The van der Waals surface area contributed by atoms with Crippen molar-refractivity contribution >= 4 is 56.8 Å². The number of carbonyl (C=O) groups excluding carboxylic acids is 2. The minimum absolute atomic E-state index is 0.0619. The molecule has 0 bridgehead atoms. The number of hydrogen-bond acceptors (Lipinski definition) is 4. The van der Waals surface area contributed by atoms with Crippen molar-refractivity contribution in [3.63, 3.8) is 0 Å². The number of halogens is 2. The minimum Gasteiger partial charge on any atom is -0.488 e. The second-order valence-corrected chi connectivity index (χ2v) is 6.96. The summed E-state index contributed by atoms with van der Waals surface area (Å²) >= 11 is 8.51. The first-order chi connectivity index (χ1) is 13.4. The molecule has 1 saturated heterocycles. The summed E-state index contributed by atoms with van der Waals surface area (Å²) in [5.41, 5.74) is 0.879. The number of nitrogens with one attached hydrogen (secondary N) is 1. The summed E-state index contributed by atoms with van der Waals surface area (Å²) in [6.07, 6.45) is 3.08. The molecule has 5 nitrogen and oxygen atoms in total. The van der Waals surface area contributed by atoms with Gasteiger partial charge in [-0.25, -0.2) is 4.39 Å². The van der Waals surface area contributed by atoms with Gasteiger partial charge in [-0.15, -0.1) is 0 Å². The highest BCUT2D eigenvalue weighted by molar-refractivity contribution is 9.10. The lowest BCUT2D eigenvalue weighted by Crippen LogP contribution is -2.54. The van der Waals surface area contributed by atoms with Gasteiger partial charge in [0.15, 0.2) is 5.11 Å². The third-order valence-electron chi connectivity index (χ3n) is 3.81. The van der Waals surface area contributed by atoms with E-state index in [0.717, 1.165) is 4.90 Å². The van der Waals surface area contributed by atoms with Crippen LogP contribution in [0.3, 0.4) is 0 Å². The molecule has 28 heavy (non-hydrogen) atoms. The van der Waals surface area contributed by atoms with E-state index < -0.39 is 17.6 Å². The largest absolute Gasteiger partial charge is 0.488 e. The monoisotopic (exact) mass is 460 g/mol. The van der Waals surface area contributed by atoms with E-state index in [9.17, 15) is 14.0 Å². The molecule has 0 aliphatic carbocycles. The molecule has 0 spiro atoms. The number of nitrogens with zero attached hydrogens (tertiary/aromatic N) is 1. The van der Waals surface area contributed by atoms with Gasteiger partial charge in [-0.1, -0.05) is 18.7 Å². The van der Waals surface area contributed by atoms with E-state index in [2.05, 4.69) is 27.8 Å². The van der Waals surface area contributed by atoms with Crippen molar-refractivity contribution < 1.29 is 18.7 Å². The average molecular weight is 461 g/mol. The van der Waals surface area contributed by atoms with Gasteiger partial charge in [0.05, 0.1) is 10.2 Å². The lowest BCUT2D eigenvalue weighted by atomic mass is 10.1. The van der Waals surface area contributed by atoms with Crippen molar-refractivity contribution in [3.05, 3.63) is 76.5 Å². The average Bonchev–Trinajstić information content (AvgIpc) is 2.66. The van der Waals surface area contributed by atoms with Crippen LogP contribution in [0.1, 0.15) is 5.56 Å². The molecule has 2 amide bonds. The Bertz CT molecular complexity index is 1010. The van der Waals surface area contributed by atoms with Gasteiger partial charge >= 0.3 is 0 Å². The summed E-state index contributed by atoms with van der Waals surface area (Å²) in [5.74, 6) is -1.03. The molecule has 0 aromatic heterocycles. The van der Waals surface area contributed by atoms with E-state index >= 15 is 0 Å². The molecule has 1 aliphatic heterocycles. The van der Waals surface area contributed by atoms with E-state index in [-0.39, 0.29) is 10.7 Å². The smallest absolute Gasteiger partial charge is 0.270 e. The third kappa shape index (κ3) is 4.18. The number of benzene rings is 2. The number of thiocarbonyl (C=S) groups is 1. The van der Waals surface area contributed by atoms with Crippen LogP contribution in [0.2, 0.25) is 0 Å². The number of ether oxygens (including phenoxy) is 1. The number of anilines is 1. The number of amides is 2. The van der Waals surface area contributed by atoms with Gasteiger partial charge in [-0.05, 0) is 76.2 Å². The molecule has 0 unspecified atom stereocenters. The van der Waals surface area contributed by atoms with Crippen LogP contribution in [0.4, 0.5) is 10.1 Å². The second kappa shape index (κ2) is 8.45. The van der Waals surface area contributed by atoms with Crippen molar-refractivity contribution in [1.82, 2.24) is 5.32 Å². The normalized spacial score (nSPS) is 15.6. The zero-order chi connectivity index (χ0) is 20.3. The van der Waals surface area contributed by atoms with Crippen LogP contribution in [0.15, 0.2) is 65.2 Å². The van der Waals surface area contributed by atoms with Crippen LogP contribution >= 0.6 is 28.1 Å². The first-order valence-electron chi connectivity index (χ1n) is 8.11. The minimum atomic E-state index is -0.600. The summed E-state index contributed by atoms with van der Waals surface area (Å²) < 4.78 is 19.3. The van der Waals surface area contributed by atoms with Crippen molar-refractivity contribution in [2.45, 2.75) is 0 Å². The summed E-state index contributed by atoms with van der Waals surface area (Å²) in [5, 5.41) is 2.42. The molecule has 1 heterocycles. The molecule has 1 fully saturated rings. The Kier molecular flexibility index (Phi) is 6.01. The van der Waals surface area contributed by atoms with Crippen LogP contribution in [0, 0.1) is 5.82 Å². The lowest BCUT2D eigenvalue weighted by molar-refractivity contribution is -0.122. The number of carbonyl (C=O) groups is 2. The van der Waals surface area contributed by atoms with Crippen LogP contribution in [-0.4, -0.2) is 23.5 Å². The molecular formula is C20H14BrFN2O3S. The number of rotatable bonds is 5. The van der Waals surface area contributed by atoms with Crippen LogP contribution in [-0.2, 0) is 9.59 Å². The molecule has 0 radical (unpaired) electrons. The zero-order valence-corrected chi connectivity index (χ0v) is 16.8. The highest BCUT2D eigenvalue weighted by atomic mass is 79.9. The first kappa shape index (κ1) is 19.9. The maximum absolute atomic E-state index is 13.2. The SMILES string of the molecule is C=CCOc1ccc(C=C2C(=O)NC(=S)N(c3ccc(F)cc3)C2=O)cc1Br. The Morgan fingerprint density at radius 3 is 2.57 bits per heavy atom. The Balaban J connectivity index is 1.93. The van der Waals surface area contributed by atoms with E-state index in [0.29, 0.717) is 28.1 Å². The van der Waals surface area contributed by atoms with E-state index in [4.69, 9.17) is 17.0 Å². The quantitative estimate of drug-likeness (QED) is 0.317. The molecule has 2 aromatic carbocycles. The standard InChI is InChI=1S/C20H14BrFN2O3S/c1-2-9-27-17-8-3-12(11-16(17)21)10-15-18(25)23-20(28)24(19(15)26)14-6-4-13(22)5-7-14/h2-8,10-11H,1,9H2,(H,23,25,28). The summed E-state index contributed by atoms with van der Waals surface area (Å²) in [7, 11) is 0. The summed E-state index contributed by atoms with van der Waals surface area (Å²) in [6, 6.07) is 10.4. The maximum atomic E-state index is 13.2. The van der Waals surface area contributed by atoms with Crippen molar-refractivity contribution in [3.8, 4) is 5.75 Å². The van der Waals surface area contributed by atoms with Gasteiger partial charge in [0, 0.05) is 0 Å². The van der Waals surface area contributed by atoms with E-state index in [1.54, 1.807) is 24.3 Å². The van der Waals surface area contributed by atoms with Gasteiger partial charge in [0.1, 0.15) is 23.7 Å². The fourth-order valence-electron chi connectivity index (χ4n) is 2.52. The van der Waals surface area contributed by atoms with Crippen molar-refractivity contribution in [2.24, 2.45) is 0 Å². The third-order valence-corrected chi connectivity index (χ3v) is 4.71. The molecule has 1 aliphatic rings. The molecular weight excluding hydrogens is 447 g/mol. The van der Waals surface area contributed by atoms with Gasteiger partial charge in [-0.2, -0.15) is 0 Å². The summed E-state index contributed by atoms with van der Waals surface area (Å²) in [6.45, 7) is 3.94. The number of hydrogen-bond donors (Lipinski definition) is 1. The first-order valence-corrected chi connectivity index (χ1v) is 9.31. The van der Waals surface area contributed by atoms with Crippen LogP contribution in [0.5, 0.6) is 5.75 Å². The van der Waals surface area contributed by atoms with Gasteiger partial charge in [0.2, 0.25) is 0 Å². The van der Waals surface area contributed by atoms with Crippen LogP contribution < -0.4 is 15.0 Å². The predicted molar refractivity (Wildman–Crippen MR) is 112 cm³/mol. The molecule has 3 rings (SSSR count). The molecule has 2 aromatic rings. The van der Waals surface area contributed by atoms with Crippen molar-refractivity contribution in [2.75, 3.05) is 11.5 Å². The molecule has 8 heteroatoms. The fourth-order valence-corrected chi connectivity index (χ4v) is 3.31. The molecule has 142 valence electrons. The predicted octanol–water partition coefficient (Wildman–Crippen LogP) is 3.98. The second-order valence-electron chi connectivity index (χ2n) is 5.72. The Morgan fingerprint density at radius 2 is 1.93 bits per heavy atom.